The van der Waals surface area contributed by atoms with Crippen molar-refractivity contribution in [1.82, 2.24) is 14.9 Å². The van der Waals surface area contributed by atoms with E-state index in [1.165, 1.54) is 19.2 Å². The fraction of sp³-hybridized carbons (Fsp3) is 0.632. The maximum atomic E-state index is 12.4. The third kappa shape index (κ3) is 6.57. The molecule has 0 saturated carbocycles. The number of hydrogen-bond acceptors (Lipinski definition) is 5. The van der Waals surface area contributed by atoms with Gasteiger partial charge in [-0.2, -0.15) is 0 Å². The lowest BCUT2D eigenvalue weighted by Gasteiger charge is -2.32. The zero-order valence-electron chi connectivity index (χ0n) is 16.4. The van der Waals surface area contributed by atoms with Crippen molar-refractivity contribution >= 4 is 15.9 Å². The Morgan fingerprint density at radius 3 is 2.44 bits per heavy atom. The van der Waals surface area contributed by atoms with Gasteiger partial charge in [0.2, 0.25) is 10.0 Å². The lowest BCUT2D eigenvalue weighted by Crippen LogP contribution is -2.44. The molecule has 0 unspecified atom stereocenters. The molecule has 1 saturated heterocycles. The van der Waals surface area contributed by atoms with Crippen LogP contribution in [-0.2, 0) is 14.8 Å². The molecule has 1 aliphatic heterocycles. The molecule has 0 bridgehead atoms. The van der Waals surface area contributed by atoms with Crippen LogP contribution in [0.4, 0.5) is 0 Å². The molecule has 8 heteroatoms. The van der Waals surface area contributed by atoms with Gasteiger partial charge in [-0.15, -0.1) is 0 Å². The van der Waals surface area contributed by atoms with Gasteiger partial charge in [0.15, 0.2) is 0 Å². The van der Waals surface area contributed by atoms with Gasteiger partial charge in [0.25, 0.3) is 5.91 Å². The van der Waals surface area contributed by atoms with Crippen LogP contribution in [0.3, 0.4) is 0 Å². The van der Waals surface area contributed by atoms with E-state index in [0.717, 1.165) is 38.9 Å². The van der Waals surface area contributed by atoms with Gasteiger partial charge >= 0.3 is 0 Å². The number of hydrogen-bond donors (Lipinski definition) is 2. The number of nitrogens with zero attached hydrogens (tertiary/aromatic N) is 1. The standard InChI is InChI=1S/C19H31N3O4S/c1-4-11-22-12-9-17(10-13-22)20-19(23)16-5-7-18(8-6-16)27(24,25)21-15(2)14-26-3/h5-8,15,17,21H,4,9-14H2,1-3H3,(H,20,23)/t15-/m1/s1. The number of methoxy groups -OCH3 is 1. The molecular weight excluding hydrogens is 366 g/mol. The fourth-order valence-corrected chi connectivity index (χ4v) is 4.52. The minimum atomic E-state index is -3.63. The molecule has 1 aromatic carbocycles. The Kier molecular flexibility index (Phi) is 8.22. The number of rotatable bonds is 9. The molecule has 1 aromatic rings. The quantitative estimate of drug-likeness (QED) is 0.661. The molecule has 0 spiro atoms. The third-order valence-electron chi connectivity index (χ3n) is 4.66. The molecule has 1 amide bonds. The number of piperidine rings is 1. The Bertz CT molecular complexity index is 698. The third-order valence-corrected chi connectivity index (χ3v) is 6.27. The Morgan fingerprint density at radius 1 is 1.26 bits per heavy atom. The van der Waals surface area contributed by atoms with Crippen molar-refractivity contribution in [2.24, 2.45) is 0 Å². The molecule has 7 nitrogen and oxygen atoms in total. The van der Waals surface area contributed by atoms with Crippen LogP contribution in [0.1, 0.15) is 43.5 Å². The highest BCUT2D eigenvalue weighted by atomic mass is 32.2. The topological polar surface area (TPSA) is 87.7 Å². The number of carbonyl (C=O) groups excluding carboxylic acids is 1. The van der Waals surface area contributed by atoms with Crippen molar-refractivity contribution in [3.8, 4) is 0 Å². The molecule has 0 radical (unpaired) electrons. The highest BCUT2D eigenvalue weighted by molar-refractivity contribution is 7.89. The first-order valence-electron chi connectivity index (χ1n) is 9.50. The second-order valence-electron chi connectivity index (χ2n) is 7.09. The lowest BCUT2D eigenvalue weighted by atomic mass is 10.0. The van der Waals surface area contributed by atoms with Crippen molar-refractivity contribution in [2.45, 2.75) is 50.1 Å². The number of carbonyl (C=O) groups is 1. The van der Waals surface area contributed by atoms with Crippen molar-refractivity contribution < 1.29 is 17.9 Å². The van der Waals surface area contributed by atoms with Crippen LogP contribution in [-0.4, -0.2) is 64.7 Å². The number of amides is 1. The summed E-state index contributed by atoms with van der Waals surface area (Å²) < 4.78 is 32.1. The lowest BCUT2D eigenvalue weighted by molar-refractivity contribution is 0.0911. The molecule has 1 fully saturated rings. The molecule has 0 aliphatic carbocycles. The summed E-state index contributed by atoms with van der Waals surface area (Å²) in [7, 11) is -2.11. The number of ether oxygens (including phenoxy) is 1. The van der Waals surface area contributed by atoms with Gasteiger partial charge < -0.3 is 15.0 Å². The molecule has 2 N–H and O–H groups in total. The van der Waals surface area contributed by atoms with E-state index in [0.29, 0.717) is 5.56 Å². The van der Waals surface area contributed by atoms with Crippen LogP contribution in [0, 0.1) is 0 Å². The Hall–Kier alpha value is -1.48. The van der Waals surface area contributed by atoms with Crippen molar-refractivity contribution in [1.29, 1.82) is 0 Å². The van der Waals surface area contributed by atoms with Gasteiger partial charge in [-0.3, -0.25) is 4.79 Å². The van der Waals surface area contributed by atoms with Crippen molar-refractivity contribution in [3.05, 3.63) is 29.8 Å². The van der Waals surface area contributed by atoms with Crippen LogP contribution in [0.5, 0.6) is 0 Å². The normalized spacial score (nSPS) is 17.6. The highest BCUT2D eigenvalue weighted by Gasteiger charge is 2.21. The van der Waals surface area contributed by atoms with E-state index in [2.05, 4.69) is 21.9 Å². The number of nitrogens with one attached hydrogen (secondary N) is 2. The first-order valence-corrected chi connectivity index (χ1v) is 11.0. The second kappa shape index (κ2) is 10.2. The van der Waals surface area contributed by atoms with E-state index in [4.69, 9.17) is 4.74 Å². The summed E-state index contributed by atoms with van der Waals surface area (Å²) in [5, 5.41) is 3.06. The summed E-state index contributed by atoms with van der Waals surface area (Å²) >= 11 is 0. The number of likely N-dealkylation sites (tertiary alicyclic amines) is 1. The van der Waals surface area contributed by atoms with Gasteiger partial charge in [0.05, 0.1) is 11.5 Å². The van der Waals surface area contributed by atoms with E-state index >= 15 is 0 Å². The molecule has 0 aromatic heterocycles. The average molecular weight is 398 g/mol. The first-order chi connectivity index (χ1) is 12.9. The Morgan fingerprint density at radius 2 is 1.89 bits per heavy atom. The van der Waals surface area contributed by atoms with Crippen LogP contribution >= 0.6 is 0 Å². The van der Waals surface area contributed by atoms with Crippen molar-refractivity contribution in [3.63, 3.8) is 0 Å². The predicted octanol–water partition coefficient (Wildman–Crippen LogP) is 1.60. The van der Waals surface area contributed by atoms with E-state index in [-0.39, 0.29) is 29.5 Å². The molecular formula is C19H31N3O4S. The summed E-state index contributed by atoms with van der Waals surface area (Å²) in [6.07, 6.45) is 3.03. The number of sulfonamides is 1. The summed E-state index contributed by atoms with van der Waals surface area (Å²) in [4.78, 5) is 15.0. The smallest absolute Gasteiger partial charge is 0.251 e. The van der Waals surface area contributed by atoms with Crippen LogP contribution in [0.25, 0.3) is 0 Å². The van der Waals surface area contributed by atoms with Gasteiger partial charge in [-0.05, 0) is 57.0 Å². The summed E-state index contributed by atoms with van der Waals surface area (Å²) in [5.41, 5.74) is 0.467. The first kappa shape index (κ1) is 21.8. The van der Waals surface area contributed by atoms with E-state index < -0.39 is 10.0 Å². The monoisotopic (exact) mass is 397 g/mol. The van der Waals surface area contributed by atoms with Gasteiger partial charge in [0, 0.05) is 37.8 Å². The minimum Gasteiger partial charge on any atom is -0.383 e. The summed E-state index contributed by atoms with van der Waals surface area (Å²) in [6, 6.07) is 5.86. The molecule has 2 rings (SSSR count). The zero-order valence-corrected chi connectivity index (χ0v) is 17.2. The molecule has 1 atom stereocenters. The SMILES string of the molecule is CCCN1CCC(NC(=O)c2ccc(S(=O)(=O)N[C@H](C)COC)cc2)CC1. The Balaban J connectivity index is 1.92. The maximum absolute atomic E-state index is 12.4. The predicted molar refractivity (Wildman–Crippen MR) is 105 cm³/mol. The second-order valence-corrected chi connectivity index (χ2v) is 8.81. The van der Waals surface area contributed by atoms with Crippen LogP contribution in [0.15, 0.2) is 29.2 Å². The molecule has 27 heavy (non-hydrogen) atoms. The van der Waals surface area contributed by atoms with Gasteiger partial charge in [0.1, 0.15) is 0 Å². The van der Waals surface area contributed by atoms with Gasteiger partial charge in [-0.25, -0.2) is 13.1 Å². The zero-order chi connectivity index (χ0) is 19.9. The van der Waals surface area contributed by atoms with Crippen molar-refractivity contribution in [2.75, 3.05) is 33.4 Å². The summed E-state index contributed by atoms with van der Waals surface area (Å²) in [6.45, 7) is 7.30. The highest BCUT2D eigenvalue weighted by Crippen LogP contribution is 2.14. The summed E-state index contributed by atoms with van der Waals surface area (Å²) in [5.74, 6) is -0.159. The minimum absolute atomic E-state index is 0.134. The van der Waals surface area contributed by atoms with Gasteiger partial charge in [-0.1, -0.05) is 6.92 Å². The Labute approximate surface area is 162 Å². The van der Waals surface area contributed by atoms with E-state index in [1.54, 1.807) is 19.1 Å². The maximum Gasteiger partial charge on any atom is 0.251 e. The van der Waals surface area contributed by atoms with E-state index in [9.17, 15) is 13.2 Å². The van der Waals surface area contributed by atoms with E-state index in [1.807, 2.05) is 0 Å². The van der Waals surface area contributed by atoms with Crippen LogP contribution in [0.2, 0.25) is 0 Å². The number of benzene rings is 1. The molecule has 1 aliphatic rings. The fourth-order valence-electron chi connectivity index (χ4n) is 3.29. The van der Waals surface area contributed by atoms with Crippen LogP contribution < -0.4 is 10.0 Å². The molecule has 1 heterocycles. The largest absolute Gasteiger partial charge is 0.383 e. The average Bonchev–Trinajstić information content (AvgIpc) is 2.63. The molecule has 152 valence electrons.